The van der Waals surface area contributed by atoms with Gasteiger partial charge in [0.05, 0.1) is 11.5 Å². The summed E-state index contributed by atoms with van der Waals surface area (Å²) in [5.74, 6) is 0.194. The van der Waals surface area contributed by atoms with Gasteiger partial charge in [0.25, 0.3) is 0 Å². The third-order valence-electron chi connectivity index (χ3n) is 4.01. The first-order valence-electron chi connectivity index (χ1n) is 7.95. The number of urea groups is 1. The number of hydrogen-bond acceptors (Lipinski definition) is 4. The molecule has 1 aliphatic heterocycles. The first-order valence-corrected chi connectivity index (χ1v) is 10.1. The molecule has 8 heteroatoms. The molecule has 0 radical (unpaired) electrons. The fourth-order valence-corrected chi connectivity index (χ4v) is 4.61. The predicted octanol–water partition coefficient (Wildman–Crippen LogP) is 2.31. The van der Waals surface area contributed by atoms with Crippen molar-refractivity contribution in [1.29, 1.82) is 0 Å². The van der Waals surface area contributed by atoms with Crippen LogP contribution in [0.3, 0.4) is 0 Å². The Bertz CT molecular complexity index is 662. The van der Waals surface area contributed by atoms with E-state index in [-0.39, 0.29) is 23.6 Å². The molecule has 1 aliphatic rings. The number of nitrogens with one attached hydrogen (secondary N) is 1. The molecule has 1 saturated heterocycles. The number of benzene rings is 1. The van der Waals surface area contributed by atoms with Crippen molar-refractivity contribution in [3.8, 4) is 0 Å². The molecule has 1 fully saturated rings. The lowest BCUT2D eigenvalue weighted by molar-refractivity contribution is 0.190. The van der Waals surface area contributed by atoms with Crippen LogP contribution in [-0.4, -0.2) is 69.0 Å². The van der Waals surface area contributed by atoms with Crippen LogP contribution >= 0.6 is 11.6 Å². The average molecular weight is 374 g/mol. The van der Waals surface area contributed by atoms with Crippen molar-refractivity contribution in [1.82, 2.24) is 9.80 Å². The molecular weight excluding hydrogens is 350 g/mol. The number of nitrogens with zero attached hydrogens (tertiary/aromatic N) is 2. The molecular formula is C16H24ClN3O3S. The van der Waals surface area contributed by atoms with Crippen LogP contribution in [0.4, 0.5) is 10.5 Å². The van der Waals surface area contributed by atoms with E-state index in [1.165, 1.54) is 0 Å². The minimum Gasteiger partial charge on any atom is -0.320 e. The van der Waals surface area contributed by atoms with Crippen LogP contribution in [0.1, 0.15) is 12.8 Å². The van der Waals surface area contributed by atoms with Crippen LogP contribution in [0.25, 0.3) is 0 Å². The van der Waals surface area contributed by atoms with Gasteiger partial charge in [0.1, 0.15) is 0 Å². The normalized spacial score (nSPS) is 19.4. The van der Waals surface area contributed by atoms with Crippen molar-refractivity contribution >= 4 is 33.2 Å². The van der Waals surface area contributed by atoms with Crippen LogP contribution in [0, 0.1) is 0 Å². The molecule has 1 atom stereocenters. The van der Waals surface area contributed by atoms with Crippen molar-refractivity contribution < 1.29 is 13.2 Å². The van der Waals surface area contributed by atoms with E-state index in [9.17, 15) is 13.2 Å². The van der Waals surface area contributed by atoms with Gasteiger partial charge in [0.15, 0.2) is 9.84 Å². The highest BCUT2D eigenvalue weighted by Gasteiger charge is 2.34. The predicted molar refractivity (Wildman–Crippen MR) is 97.4 cm³/mol. The summed E-state index contributed by atoms with van der Waals surface area (Å²) in [5, 5.41) is 3.43. The lowest BCUT2D eigenvalue weighted by Crippen LogP contribution is -2.44. The van der Waals surface area contributed by atoms with E-state index in [1.807, 2.05) is 19.0 Å². The Morgan fingerprint density at radius 3 is 2.46 bits per heavy atom. The molecule has 2 rings (SSSR count). The largest absolute Gasteiger partial charge is 0.322 e. The van der Waals surface area contributed by atoms with Gasteiger partial charge in [-0.3, -0.25) is 0 Å². The molecule has 1 aromatic carbocycles. The van der Waals surface area contributed by atoms with Gasteiger partial charge < -0.3 is 15.1 Å². The second kappa shape index (κ2) is 8.18. The van der Waals surface area contributed by atoms with Gasteiger partial charge in [-0.1, -0.05) is 11.6 Å². The van der Waals surface area contributed by atoms with E-state index < -0.39 is 9.84 Å². The SMILES string of the molecule is CN(C)CCCN(C(=O)Nc1ccc(Cl)cc1)[C@@H]1CCS(=O)(=O)C1. The summed E-state index contributed by atoms with van der Waals surface area (Å²) in [6.07, 6.45) is 1.29. The van der Waals surface area contributed by atoms with Crippen LogP contribution in [0.15, 0.2) is 24.3 Å². The number of rotatable bonds is 6. The molecule has 0 aliphatic carbocycles. The molecule has 0 unspecified atom stereocenters. The minimum absolute atomic E-state index is 0.0446. The van der Waals surface area contributed by atoms with Crippen molar-refractivity contribution in [3.05, 3.63) is 29.3 Å². The average Bonchev–Trinajstić information content (AvgIpc) is 2.85. The zero-order valence-electron chi connectivity index (χ0n) is 14.0. The maximum absolute atomic E-state index is 12.6. The van der Waals surface area contributed by atoms with Crippen molar-refractivity contribution in [2.45, 2.75) is 18.9 Å². The van der Waals surface area contributed by atoms with Gasteiger partial charge in [-0.05, 0) is 57.7 Å². The zero-order valence-corrected chi connectivity index (χ0v) is 15.6. The number of carbonyl (C=O) groups is 1. The third kappa shape index (κ3) is 5.65. The molecule has 0 aromatic heterocycles. The van der Waals surface area contributed by atoms with Crippen molar-refractivity contribution in [2.24, 2.45) is 0 Å². The maximum Gasteiger partial charge on any atom is 0.322 e. The zero-order chi connectivity index (χ0) is 17.7. The number of carbonyl (C=O) groups excluding carboxylic acids is 1. The van der Waals surface area contributed by atoms with Crippen LogP contribution < -0.4 is 5.32 Å². The Labute approximate surface area is 148 Å². The van der Waals surface area contributed by atoms with E-state index in [0.29, 0.717) is 23.7 Å². The van der Waals surface area contributed by atoms with Gasteiger partial charge in [-0.2, -0.15) is 0 Å². The smallest absolute Gasteiger partial charge is 0.320 e. The Hall–Kier alpha value is -1.31. The topological polar surface area (TPSA) is 69.7 Å². The molecule has 0 bridgehead atoms. The van der Waals surface area contributed by atoms with E-state index in [2.05, 4.69) is 5.32 Å². The first kappa shape index (κ1) is 19.0. The van der Waals surface area contributed by atoms with Gasteiger partial charge >= 0.3 is 6.03 Å². The molecule has 1 heterocycles. The van der Waals surface area contributed by atoms with Crippen LogP contribution in [0.2, 0.25) is 5.02 Å². The fraction of sp³-hybridized carbons (Fsp3) is 0.562. The molecule has 0 spiro atoms. The quantitative estimate of drug-likeness (QED) is 0.830. The lowest BCUT2D eigenvalue weighted by Gasteiger charge is -2.29. The summed E-state index contributed by atoms with van der Waals surface area (Å²) in [5.41, 5.74) is 0.642. The third-order valence-corrected chi connectivity index (χ3v) is 6.01. The molecule has 134 valence electrons. The van der Waals surface area contributed by atoms with Gasteiger partial charge in [0, 0.05) is 23.3 Å². The molecule has 6 nitrogen and oxygen atoms in total. The monoisotopic (exact) mass is 373 g/mol. The number of sulfone groups is 1. The van der Waals surface area contributed by atoms with Crippen LogP contribution in [-0.2, 0) is 9.84 Å². The van der Waals surface area contributed by atoms with E-state index in [0.717, 1.165) is 13.0 Å². The standard InChI is InChI=1S/C16H24ClN3O3S/c1-19(2)9-3-10-20(15-8-11-24(22,23)12-15)16(21)18-14-6-4-13(17)5-7-14/h4-7,15H,3,8-12H2,1-2H3,(H,18,21)/t15-/m1/s1. The molecule has 1 aromatic rings. The van der Waals surface area contributed by atoms with Crippen molar-refractivity contribution in [3.63, 3.8) is 0 Å². The minimum atomic E-state index is -3.04. The number of anilines is 1. The second-order valence-corrected chi connectivity index (χ2v) is 9.01. The summed E-state index contributed by atoms with van der Waals surface area (Å²) < 4.78 is 23.5. The Kier molecular flexibility index (Phi) is 6.48. The highest BCUT2D eigenvalue weighted by Crippen LogP contribution is 2.20. The Morgan fingerprint density at radius 1 is 1.25 bits per heavy atom. The highest BCUT2D eigenvalue weighted by molar-refractivity contribution is 7.91. The lowest BCUT2D eigenvalue weighted by atomic mass is 10.2. The Morgan fingerprint density at radius 2 is 1.92 bits per heavy atom. The fourth-order valence-electron chi connectivity index (χ4n) is 2.76. The molecule has 1 N–H and O–H groups in total. The number of hydrogen-bond donors (Lipinski definition) is 1. The summed E-state index contributed by atoms with van der Waals surface area (Å²) in [7, 11) is 0.897. The molecule has 0 saturated carbocycles. The Balaban J connectivity index is 2.05. The van der Waals surface area contributed by atoms with E-state index in [4.69, 9.17) is 11.6 Å². The van der Waals surface area contributed by atoms with Gasteiger partial charge in [-0.15, -0.1) is 0 Å². The summed E-state index contributed by atoms with van der Waals surface area (Å²) in [4.78, 5) is 16.3. The van der Waals surface area contributed by atoms with Crippen molar-refractivity contribution in [2.75, 3.05) is 44.0 Å². The summed E-state index contributed by atoms with van der Waals surface area (Å²) in [6, 6.07) is 6.33. The summed E-state index contributed by atoms with van der Waals surface area (Å²) >= 11 is 5.85. The second-order valence-electron chi connectivity index (χ2n) is 6.34. The highest BCUT2D eigenvalue weighted by atomic mass is 35.5. The summed E-state index contributed by atoms with van der Waals surface area (Å²) in [6.45, 7) is 1.36. The van der Waals surface area contributed by atoms with E-state index >= 15 is 0 Å². The van der Waals surface area contributed by atoms with Gasteiger partial charge in [0.2, 0.25) is 0 Å². The van der Waals surface area contributed by atoms with Crippen LogP contribution in [0.5, 0.6) is 0 Å². The molecule has 2 amide bonds. The maximum atomic E-state index is 12.6. The molecule has 24 heavy (non-hydrogen) atoms. The first-order chi connectivity index (χ1) is 11.3. The number of halogens is 1. The number of amides is 2. The van der Waals surface area contributed by atoms with E-state index in [1.54, 1.807) is 29.2 Å². The van der Waals surface area contributed by atoms with Gasteiger partial charge in [-0.25, -0.2) is 13.2 Å².